The molecule has 2 atom stereocenters. The van der Waals surface area contributed by atoms with Crippen LogP contribution >= 0.6 is 0 Å². The lowest BCUT2D eigenvalue weighted by atomic mass is 10.2. The monoisotopic (exact) mass is 227 g/mol. The van der Waals surface area contributed by atoms with Crippen molar-refractivity contribution in [3.05, 3.63) is 11.7 Å². The second kappa shape index (κ2) is 4.90. The van der Waals surface area contributed by atoms with Gasteiger partial charge in [0.15, 0.2) is 0 Å². The fraction of sp³-hybridized carbons (Fsp3) is 0.800. The standard InChI is InChI=1S/C10H17N3O3/c1-2-15-8(6-3-4-6)9-12-10(16-13-9)7(14)5-11/h6-8,14H,2-5,11H2,1H3/t7-,8?/m0/s1. The number of rotatable bonds is 6. The second-order valence-electron chi connectivity index (χ2n) is 3.96. The molecule has 1 saturated carbocycles. The molecule has 1 unspecified atom stereocenters. The van der Waals surface area contributed by atoms with Crippen LogP contribution in [0.3, 0.4) is 0 Å². The highest BCUT2D eigenvalue weighted by Crippen LogP contribution is 2.42. The van der Waals surface area contributed by atoms with Gasteiger partial charge in [-0.05, 0) is 25.7 Å². The number of aliphatic hydroxyl groups is 1. The average Bonchev–Trinajstić information content (AvgIpc) is 3.02. The molecule has 0 saturated heterocycles. The molecule has 1 aliphatic rings. The van der Waals surface area contributed by atoms with Crippen molar-refractivity contribution >= 4 is 0 Å². The maximum Gasteiger partial charge on any atom is 0.256 e. The van der Waals surface area contributed by atoms with Crippen molar-refractivity contribution in [1.29, 1.82) is 0 Å². The highest BCUT2D eigenvalue weighted by molar-refractivity contribution is 4.99. The van der Waals surface area contributed by atoms with Crippen LogP contribution in [0, 0.1) is 5.92 Å². The minimum atomic E-state index is -0.886. The van der Waals surface area contributed by atoms with E-state index in [1.54, 1.807) is 0 Å². The lowest BCUT2D eigenvalue weighted by Crippen LogP contribution is -2.13. The number of hydrogen-bond acceptors (Lipinski definition) is 6. The minimum Gasteiger partial charge on any atom is -0.382 e. The zero-order chi connectivity index (χ0) is 11.5. The molecule has 0 amide bonds. The maximum atomic E-state index is 9.45. The van der Waals surface area contributed by atoms with Gasteiger partial charge in [0.1, 0.15) is 12.2 Å². The highest BCUT2D eigenvalue weighted by atomic mass is 16.5. The molecule has 0 aliphatic heterocycles. The molecule has 1 fully saturated rings. The van der Waals surface area contributed by atoms with Crippen LogP contribution in [0.5, 0.6) is 0 Å². The molecule has 1 aromatic rings. The van der Waals surface area contributed by atoms with Crippen LogP contribution in [0.4, 0.5) is 0 Å². The van der Waals surface area contributed by atoms with E-state index in [9.17, 15) is 5.11 Å². The summed E-state index contributed by atoms with van der Waals surface area (Å²) < 4.78 is 10.5. The number of aromatic nitrogens is 2. The van der Waals surface area contributed by atoms with Crippen LogP contribution in [0.25, 0.3) is 0 Å². The summed E-state index contributed by atoms with van der Waals surface area (Å²) in [4.78, 5) is 4.13. The van der Waals surface area contributed by atoms with Gasteiger partial charge in [-0.15, -0.1) is 0 Å². The molecule has 3 N–H and O–H groups in total. The highest BCUT2D eigenvalue weighted by Gasteiger charge is 2.36. The summed E-state index contributed by atoms with van der Waals surface area (Å²) in [6.45, 7) is 2.62. The van der Waals surface area contributed by atoms with Gasteiger partial charge in [0.2, 0.25) is 5.82 Å². The molecule has 2 rings (SSSR count). The summed E-state index contributed by atoms with van der Waals surface area (Å²) >= 11 is 0. The van der Waals surface area contributed by atoms with Crippen molar-refractivity contribution in [2.45, 2.75) is 32.0 Å². The number of ether oxygens (including phenoxy) is 1. The molecule has 0 spiro atoms. The first kappa shape index (κ1) is 11.5. The zero-order valence-corrected chi connectivity index (χ0v) is 9.30. The lowest BCUT2D eigenvalue weighted by Gasteiger charge is -2.11. The summed E-state index contributed by atoms with van der Waals surface area (Å²) in [5.41, 5.74) is 5.31. The minimum absolute atomic E-state index is 0.0738. The number of aliphatic hydroxyl groups excluding tert-OH is 1. The molecule has 90 valence electrons. The summed E-state index contributed by atoms with van der Waals surface area (Å²) in [5.74, 6) is 1.18. The van der Waals surface area contributed by atoms with Gasteiger partial charge >= 0.3 is 0 Å². The van der Waals surface area contributed by atoms with E-state index in [0.717, 1.165) is 12.8 Å². The maximum absolute atomic E-state index is 9.45. The Labute approximate surface area is 93.8 Å². The SMILES string of the molecule is CCOC(c1noc([C@@H](O)CN)n1)C1CC1. The summed E-state index contributed by atoms with van der Waals surface area (Å²) in [5, 5.41) is 13.3. The zero-order valence-electron chi connectivity index (χ0n) is 9.30. The van der Waals surface area contributed by atoms with Crippen LogP contribution < -0.4 is 5.73 Å². The molecule has 6 nitrogen and oxygen atoms in total. The van der Waals surface area contributed by atoms with E-state index >= 15 is 0 Å². The Morgan fingerprint density at radius 2 is 2.38 bits per heavy atom. The van der Waals surface area contributed by atoms with Crippen LogP contribution in [0.2, 0.25) is 0 Å². The topological polar surface area (TPSA) is 94.4 Å². The molecule has 16 heavy (non-hydrogen) atoms. The molecule has 0 bridgehead atoms. The molecule has 0 aromatic carbocycles. The summed E-state index contributed by atoms with van der Waals surface area (Å²) in [6, 6.07) is 0. The third-order valence-corrected chi connectivity index (χ3v) is 2.62. The first-order valence-corrected chi connectivity index (χ1v) is 5.59. The third-order valence-electron chi connectivity index (χ3n) is 2.62. The van der Waals surface area contributed by atoms with Crippen LogP contribution in [0.1, 0.15) is 43.7 Å². The Hall–Kier alpha value is -0.980. The molecular formula is C10H17N3O3. The van der Waals surface area contributed by atoms with E-state index in [4.69, 9.17) is 15.0 Å². The largest absolute Gasteiger partial charge is 0.382 e. The average molecular weight is 227 g/mol. The Bertz CT molecular complexity index is 338. The Morgan fingerprint density at radius 3 is 2.94 bits per heavy atom. The van der Waals surface area contributed by atoms with E-state index in [-0.39, 0.29) is 18.5 Å². The van der Waals surface area contributed by atoms with Gasteiger partial charge in [0.05, 0.1) is 0 Å². The fourth-order valence-corrected chi connectivity index (χ4v) is 1.60. The third kappa shape index (κ3) is 2.40. The number of nitrogens with zero attached hydrogens (tertiary/aromatic N) is 2. The van der Waals surface area contributed by atoms with Crippen molar-refractivity contribution in [2.75, 3.05) is 13.2 Å². The van der Waals surface area contributed by atoms with E-state index < -0.39 is 6.10 Å². The van der Waals surface area contributed by atoms with E-state index in [2.05, 4.69) is 10.1 Å². The predicted molar refractivity (Wildman–Crippen MR) is 55.4 cm³/mol. The quantitative estimate of drug-likeness (QED) is 0.737. The van der Waals surface area contributed by atoms with Crippen LogP contribution in [-0.4, -0.2) is 28.4 Å². The number of hydrogen-bond donors (Lipinski definition) is 2. The normalized spacial score (nSPS) is 19.7. The first-order chi connectivity index (χ1) is 7.76. The number of nitrogens with two attached hydrogens (primary N) is 1. The lowest BCUT2D eigenvalue weighted by molar-refractivity contribution is 0.0384. The van der Waals surface area contributed by atoms with Crippen LogP contribution in [-0.2, 0) is 4.74 Å². The molecule has 1 aromatic heterocycles. The van der Waals surface area contributed by atoms with Gasteiger partial charge in [0.25, 0.3) is 5.89 Å². The van der Waals surface area contributed by atoms with Gasteiger partial charge in [-0.3, -0.25) is 0 Å². The van der Waals surface area contributed by atoms with Crippen LogP contribution in [0.15, 0.2) is 4.52 Å². The van der Waals surface area contributed by atoms with E-state index in [1.165, 1.54) is 0 Å². The van der Waals surface area contributed by atoms with Gasteiger partial charge < -0.3 is 20.1 Å². The van der Waals surface area contributed by atoms with Crippen molar-refractivity contribution in [1.82, 2.24) is 10.1 Å². The smallest absolute Gasteiger partial charge is 0.256 e. The second-order valence-corrected chi connectivity index (χ2v) is 3.96. The van der Waals surface area contributed by atoms with Gasteiger partial charge in [-0.25, -0.2) is 0 Å². The van der Waals surface area contributed by atoms with Crippen molar-refractivity contribution in [3.63, 3.8) is 0 Å². The fourth-order valence-electron chi connectivity index (χ4n) is 1.60. The predicted octanol–water partition coefficient (Wildman–Crippen LogP) is 0.549. The van der Waals surface area contributed by atoms with E-state index in [1.807, 2.05) is 6.92 Å². The van der Waals surface area contributed by atoms with Gasteiger partial charge in [0, 0.05) is 13.2 Å². The first-order valence-electron chi connectivity index (χ1n) is 5.59. The molecule has 0 radical (unpaired) electrons. The van der Waals surface area contributed by atoms with Gasteiger partial charge in [-0.2, -0.15) is 4.98 Å². The van der Waals surface area contributed by atoms with E-state index in [0.29, 0.717) is 18.3 Å². The molecular weight excluding hydrogens is 210 g/mol. The summed E-state index contributed by atoms with van der Waals surface area (Å²) in [7, 11) is 0. The Morgan fingerprint density at radius 1 is 1.62 bits per heavy atom. The van der Waals surface area contributed by atoms with Crippen molar-refractivity contribution in [2.24, 2.45) is 11.7 Å². The molecule has 1 aliphatic carbocycles. The Kier molecular flexibility index (Phi) is 3.52. The van der Waals surface area contributed by atoms with Crippen molar-refractivity contribution < 1.29 is 14.4 Å². The molecule has 1 heterocycles. The Balaban J connectivity index is 2.09. The molecule has 6 heteroatoms. The van der Waals surface area contributed by atoms with Gasteiger partial charge in [-0.1, -0.05) is 5.16 Å². The summed E-state index contributed by atoms with van der Waals surface area (Å²) in [6.07, 6.45) is 1.28. The van der Waals surface area contributed by atoms with Crippen molar-refractivity contribution in [3.8, 4) is 0 Å².